The first-order chi connectivity index (χ1) is 21.0. The van der Waals surface area contributed by atoms with E-state index in [0.29, 0.717) is 23.0 Å². The van der Waals surface area contributed by atoms with E-state index in [2.05, 4.69) is 34.7 Å². The molecule has 2 N–H and O–H groups in total. The molecule has 1 saturated heterocycles. The number of carbonyl (C=O) groups excluding carboxylic acids is 3. The predicted octanol–water partition coefficient (Wildman–Crippen LogP) is 6.49. The number of anilines is 2. The number of carbonyl (C=O) groups is 3. The lowest BCUT2D eigenvalue weighted by atomic mass is 9.69. The molecule has 1 aromatic heterocycles. The molecule has 1 spiro atoms. The summed E-state index contributed by atoms with van der Waals surface area (Å²) in [6.07, 6.45) is 6.53. The number of nitrogens with one attached hydrogen (secondary N) is 2. The molecule has 0 bridgehead atoms. The van der Waals surface area contributed by atoms with Crippen LogP contribution in [-0.2, 0) is 14.3 Å². The number of hydrazone groups is 1. The van der Waals surface area contributed by atoms with Gasteiger partial charge in [-0.25, -0.2) is 0 Å². The highest BCUT2D eigenvalue weighted by Gasteiger charge is 2.75. The SMILES string of the molecule is CCC1(C(=O)Nc2cccc(C(=O)NC3=NN(c4c(Cl)cc(Cl)cc4Cl)C(=O)C3n3cccn3)c2)OC12CCC(C)CC2C. The second-order valence-electron chi connectivity index (χ2n) is 11.7. The number of aromatic nitrogens is 2. The highest BCUT2D eigenvalue weighted by molar-refractivity contribution is 6.43. The van der Waals surface area contributed by atoms with Crippen LogP contribution in [0.25, 0.3) is 0 Å². The molecule has 0 radical (unpaired) electrons. The Balaban J connectivity index is 1.23. The summed E-state index contributed by atoms with van der Waals surface area (Å²) >= 11 is 18.8. The second kappa shape index (κ2) is 11.5. The maximum Gasteiger partial charge on any atom is 0.280 e. The Morgan fingerprint density at radius 2 is 1.84 bits per heavy atom. The molecule has 2 fully saturated rings. The molecule has 3 heterocycles. The van der Waals surface area contributed by atoms with Gasteiger partial charge >= 0.3 is 0 Å². The summed E-state index contributed by atoms with van der Waals surface area (Å²) in [7, 11) is 0. The molecule has 5 atom stereocenters. The average Bonchev–Trinajstić information content (AvgIpc) is 3.19. The third kappa shape index (κ3) is 5.07. The molecular weight excluding hydrogens is 627 g/mol. The molecule has 13 heteroatoms. The van der Waals surface area contributed by atoms with E-state index in [1.54, 1.807) is 36.5 Å². The first-order valence-electron chi connectivity index (χ1n) is 14.5. The molecule has 6 rings (SSSR count). The van der Waals surface area contributed by atoms with Crippen molar-refractivity contribution in [2.24, 2.45) is 16.9 Å². The van der Waals surface area contributed by atoms with Gasteiger partial charge in [0.2, 0.25) is 0 Å². The topological polar surface area (TPSA) is 121 Å². The van der Waals surface area contributed by atoms with Crippen molar-refractivity contribution < 1.29 is 19.1 Å². The Morgan fingerprint density at radius 3 is 2.50 bits per heavy atom. The van der Waals surface area contributed by atoms with Gasteiger partial charge < -0.3 is 15.4 Å². The minimum absolute atomic E-state index is 0.0130. The van der Waals surface area contributed by atoms with Gasteiger partial charge in [-0.1, -0.05) is 61.6 Å². The zero-order valence-corrected chi connectivity index (χ0v) is 26.6. The van der Waals surface area contributed by atoms with Crippen molar-refractivity contribution >= 4 is 69.7 Å². The minimum Gasteiger partial charge on any atom is -0.352 e. The quantitative estimate of drug-likeness (QED) is 0.294. The Kier molecular flexibility index (Phi) is 7.98. The number of hydrogen-bond acceptors (Lipinski definition) is 6. The summed E-state index contributed by atoms with van der Waals surface area (Å²) in [5.41, 5.74) is -0.527. The van der Waals surface area contributed by atoms with Crippen LogP contribution < -0.4 is 15.6 Å². The number of epoxide rings is 1. The van der Waals surface area contributed by atoms with Gasteiger partial charge in [-0.3, -0.25) is 19.1 Å². The smallest absolute Gasteiger partial charge is 0.280 e. The van der Waals surface area contributed by atoms with E-state index < -0.39 is 29.1 Å². The molecule has 3 aromatic rings. The van der Waals surface area contributed by atoms with Crippen molar-refractivity contribution in [1.29, 1.82) is 0 Å². The summed E-state index contributed by atoms with van der Waals surface area (Å²) in [4.78, 5) is 40.7. The van der Waals surface area contributed by atoms with Crippen molar-refractivity contribution in [2.75, 3.05) is 10.3 Å². The molecule has 10 nitrogen and oxygen atoms in total. The van der Waals surface area contributed by atoms with Crippen LogP contribution in [0.1, 0.15) is 62.9 Å². The van der Waals surface area contributed by atoms with E-state index in [1.807, 2.05) is 6.92 Å². The fourth-order valence-electron chi connectivity index (χ4n) is 6.69. The number of benzene rings is 2. The van der Waals surface area contributed by atoms with Gasteiger partial charge in [-0.15, -0.1) is 5.10 Å². The molecule has 3 amide bonds. The predicted molar refractivity (Wildman–Crippen MR) is 169 cm³/mol. The Labute approximate surface area is 269 Å². The Morgan fingerprint density at radius 1 is 1.09 bits per heavy atom. The van der Waals surface area contributed by atoms with E-state index in [-0.39, 0.29) is 39.0 Å². The van der Waals surface area contributed by atoms with Gasteiger partial charge in [-0.05, 0) is 73.9 Å². The van der Waals surface area contributed by atoms with Gasteiger partial charge in [-0.2, -0.15) is 10.1 Å². The van der Waals surface area contributed by atoms with Crippen LogP contribution in [0, 0.1) is 11.8 Å². The number of halogens is 3. The fraction of sp³-hybridized carbons (Fsp3) is 0.387. The summed E-state index contributed by atoms with van der Waals surface area (Å²) in [5, 5.41) is 15.8. The van der Waals surface area contributed by atoms with Gasteiger partial charge in [0.1, 0.15) is 11.3 Å². The summed E-state index contributed by atoms with van der Waals surface area (Å²) in [6, 6.07) is 10.0. The van der Waals surface area contributed by atoms with Crippen LogP contribution in [-0.4, -0.2) is 44.5 Å². The number of ether oxygens (including phenoxy) is 1. The van der Waals surface area contributed by atoms with Crippen LogP contribution in [0.3, 0.4) is 0 Å². The van der Waals surface area contributed by atoms with Crippen molar-refractivity contribution in [2.45, 2.75) is 63.7 Å². The van der Waals surface area contributed by atoms with Crippen LogP contribution in [0.4, 0.5) is 11.4 Å². The zero-order valence-electron chi connectivity index (χ0n) is 24.3. The Hall–Kier alpha value is -3.44. The molecule has 2 aliphatic heterocycles. The molecule has 1 aliphatic carbocycles. The van der Waals surface area contributed by atoms with E-state index in [0.717, 1.165) is 24.3 Å². The van der Waals surface area contributed by atoms with Gasteiger partial charge in [0.05, 0.1) is 10.0 Å². The summed E-state index contributed by atoms with van der Waals surface area (Å²) < 4.78 is 7.67. The number of amidine groups is 1. The molecule has 5 unspecified atom stereocenters. The monoisotopic (exact) mass is 656 g/mol. The van der Waals surface area contributed by atoms with E-state index in [1.165, 1.54) is 23.0 Å². The van der Waals surface area contributed by atoms with Gasteiger partial charge in [0.15, 0.2) is 17.5 Å². The van der Waals surface area contributed by atoms with Crippen molar-refractivity contribution in [3.05, 3.63) is 75.5 Å². The van der Waals surface area contributed by atoms with Crippen molar-refractivity contribution in [3.63, 3.8) is 0 Å². The first kappa shape index (κ1) is 30.6. The standard InChI is InChI=1S/C31H31Cl3N6O4/c1-4-30(31(44-30)10-9-17(2)13-18(31)3)29(43)36-21-8-5-7-19(14-21)27(41)37-26-25(39-12-6-11-35-39)28(42)40(38-26)24-22(33)15-20(32)16-23(24)34/h5-8,11-12,14-18,25H,4,9-10,13H2,1-3H3,(H,36,43)(H,37,38,41). The maximum absolute atomic E-state index is 13.6. The van der Waals surface area contributed by atoms with Crippen LogP contribution in [0.2, 0.25) is 15.1 Å². The lowest BCUT2D eigenvalue weighted by molar-refractivity contribution is -0.121. The number of rotatable bonds is 6. The van der Waals surface area contributed by atoms with Crippen LogP contribution in [0.5, 0.6) is 0 Å². The number of hydrogen-bond donors (Lipinski definition) is 2. The van der Waals surface area contributed by atoms with Crippen molar-refractivity contribution in [1.82, 2.24) is 15.1 Å². The summed E-state index contributed by atoms with van der Waals surface area (Å²) in [5.74, 6) is -0.406. The van der Waals surface area contributed by atoms with E-state index in [4.69, 9.17) is 39.5 Å². The highest BCUT2D eigenvalue weighted by Crippen LogP contribution is 2.62. The number of amides is 3. The fourth-order valence-corrected chi connectivity index (χ4v) is 7.67. The van der Waals surface area contributed by atoms with Crippen molar-refractivity contribution in [3.8, 4) is 0 Å². The third-order valence-electron chi connectivity index (χ3n) is 8.94. The van der Waals surface area contributed by atoms with E-state index >= 15 is 0 Å². The molecule has 1 saturated carbocycles. The van der Waals surface area contributed by atoms with Gasteiger partial charge in [0.25, 0.3) is 17.7 Å². The second-order valence-corrected chi connectivity index (χ2v) is 12.9. The number of nitrogens with zero attached hydrogens (tertiary/aromatic N) is 4. The van der Waals surface area contributed by atoms with Crippen LogP contribution >= 0.6 is 34.8 Å². The maximum atomic E-state index is 13.6. The minimum atomic E-state index is -1.09. The lowest BCUT2D eigenvalue weighted by Crippen LogP contribution is -2.43. The van der Waals surface area contributed by atoms with E-state index in [9.17, 15) is 14.4 Å². The molecule has 230 valence electrons. The largest absolute Gasteiger partial charge is 0.352 e. The zero-order chi connectivity index (χ0) is 31.4. The van der Waals surface area contributed by atoms with Gasteiger partial charge in [0, 0.05) is 28.7 Å². The highest BCUT2D eigenvalue weighted by atomic mass is 35.5. The molecule has 44 heavy (non-hydrogen) atoms. The molecular formula is C31H31Cl3N6O4. The van der Waals surface area contributed by atoms with Crippen LogP contribution in [0.15, 0.2) is 60.0 Å². The third-order valence-corrected chi connectivity index (χ3v) is 9.73. The lowest BCUT2D eigenvalue weighted by Gasteiger charge is -2.32. The molecule has 2 aromatic carbocycles. The summed E-state index contributed by atoms with van der Waals surface area (Å²) in [6.45, 7) is 6.37. The normalized spacial score (nSPS) is 27.8. The Bertz CT molecular complexity index is 1660. The average molecular weight is 658 g/mol. The first-order valence-corrected chi connectivity index (χ1v) is 15.6. The molecule has 3 aliphatic rings.